The second-order valence-electron chi connectivity index (χ2n) is 7.60. The molecule has 2 aromatic carbocycles. The summed E-state index contributed by atoms with van der Waals surface area (Å²) < 4.78 is 5.72. The number of carbonyl (C=O) groups is 2. The molecule has 2 rings (SSSR count). The third-order valence-corrected chi connectivity index (χ3v) is 4.31. The van der Waals surface area contributed by atoms with Gasteiger partial charge in [0.2, 0.25) is 0 Å². The minimum absolute atomic E-state index is 0.0194. The van der Waals surface area contributed by atoms with Crippen LogP contribution < -0.4 is 15.6 Å². The number of hydrogen-bond acceptors (Lipinski definition) is 3. The Labute approximate surface area is 161 Å². The van der Waals surface area contributed by atoms with Gasteiger partial charge in [0.1, 0.15) is 5.75 Å². The number of ether oxygens (including phenoxy) is 1. The predicted molar refractivity (Wildman–Crippen MR) is 107 cm³/mol. The summed E-state index contributed by atoms with van der Waals surface area (Å²) in [5.74, 6) is -0.138. The van der Waals surface area contributed by atoms with E-state index in [9.17, 15) is 9.59 Å². The van der Waals surface area contributed by atoms with E-state index in [0.29, 0.717) is 16.9 Å². The van der Waals surface area contributed by atoms with Crippen molar-refractivity contribution in [3.8, 4) is 5.75 Å². The molecule has 1 unspecified atom stereocenters. The average Bonchev–Trinajstić information content (AvgIpc) is 2.65. The SMILES string of the molecule is CCC(C)Oc1cccc(C(=O)NNC(=O)c2ccc(C(C)(C)C)cc2)c1. The highest BCUT2D eigenvalue weighted by Gasteiger charge is 2.15. The van der Waals surface area contributed by atoms with E-state index in [1.807, 2.05) is 26.0 Å². The highest BCUT2D eigenvalue weighted by molar-refractivity contribution is 5.99. The van der Waals surface area contributed by atoms with Gasteiger partial charge in [-0.1, -0.05) is 45.9 Å². The van der Waals surface area contributed by atoms with Gasteiger partial charge >= 0.3 is 0 Å². The zero-order valence-electron chi connectivity index (χ0n) is 16.6. The van der Waals surface area contributed by atoms with Gasteiger partial charge in [-0.2, -0.15) is 0 Å². The van der Waals surface area contributed by atoms with Crippen molar-refractivity contribution in [1.82, 2.24) is 10.9 Å². The third-order valence-electron chi connectivity index (χ3n) is 4.31. The van der Waals surface area contributed by atoms with Crippen molar-refractivity contribution in [2.75, 3.05) is 0 Å². The van der Waals surface area contributed by atoms with Crippen molar-refractivity contribution in [3.05, 3.63) is 65.2 Å². The summed E-state index contributed by atoms with van der Waals surface area (Å²) in [6.07, 6.45) is 0.944. The maximum absolute atomic E-state index is 12.3. The number of carbonyl (C=O) groups excluding carboxylic acids is 2. The Bertz CT molecular complexity index is 792. The normalized spacial score (nSPS) is 12.2. The van der Waals surface area contributed by atoms with E-state index in [-0.39, 0.29) is 17.4 Å². The molecule has 0 saturated heterocycles. The van der Waals surface area contributed by atoms with E-state index in [2.05, 4.69) is 31.6 Å². The Balaban J connectivity index is 1.97. The van der Waals surface area contributed by atoms with Crippen molar-refractivity contribution in [3.63, 3.8) is 0 Å². The molecule has 0 radical (unpaired) electrons. The molecule has 0 aliphatic rings. The van der Waals surface area contributed by atoms with E-state index in [1.165, 1.54) is 0 Å². The van der Waals surface area contributed by atoms with E-state index in [0.717, 1.165) is 12.0 Å². The van der Waals surface area contributed by atoms with Gasteiger partial charge in [0.05, 0.1) is 6.10 Å². The van der Waals surface area contributed by atoms with Crippen molar-refractivity contribution in [2.45, 2.75) is 52.6 Å². The molecule has 2 N–H and O–H groups in total. The zero-order valence-corrected chi connectivity index (χ0v) is 16.6. The molecule has 0 heterocycles. The number of amides is 2. The van der Waals surface area contributed by atoms with Crippen LogP contribution in [0.5, 0.6) is 5.75 Å². The summed E-state index contributed by atoms with van der Waals surface area (Å²) in [5, 5.41) is 0. The molecule has 2 aromatic rings. The van der Waals surface area contributed by atoms with Crippen LogP contribution >= 0.6 is 0 Å². The lowest BCUT2D eigenvalue weighted by Crippen LogP contribution is -2.41. The van der Waals surface area contributed by atoms with Crippen LogP contribution in [-0.2, 0) is 5.41 Å². The molecular weight excluding hydrogens is 340 g/mol. The molecular formula is C22H28N2O3. The van der Waals surface area contributed by atoms with Gasteiger partial charge in [0.15, 0.2) is 0 Å². The van der Waals surface area contributed by atoms with Crippen molar-refractivity contribution in [2.24, 2.45) is 0 Å². The van der Waals surface area contributed by atoms with Gasteiger partial charge < -0.3 is 4.74 Å². The minimum Gasteiger partial charge on any atom is -0.491 e. The Morgan fingerprint density at radius 2 is 1.56 bits per heavy atom. The van der Waals surface area contributed by atoms with Gasteiger partial charge in [-0.25, -0.2) is 0 Å². The van der Waals surface area contributed by atoms with Crippen molar-refractivity contribution >= 4 is 11.8 Å². The molecule has 2 amide bonds. The Morgan fingerprint density at radius 1 is 0.963 bits per heavy atom. The highest BCUT2D eigenvalue weighted by atomic mass is 16.5. The molecule has 0 aromatic heterocycles. The monoisotopic (exact) mass is 368 g/mol. The Morgan fingerprint density at radius 3 is 2.11 bits per heavy atom. The standard InChI is InChI=1S/C22H28N2O3/c1-6-15(2)27-19-9-7-8-17(14-19)21(26)24-23-20(25)16-10-12-18(13-11-16)22(3,4)5/h7-15H,6H2,1-5H3,(H,23,25)(H,24,26). The summed E-state index contributed by atoms with van der Waals surface area (Å²) in [4.78, 5) is 24.5. The van der Waals surface area contributed by atoms with Crippen LogP contribution in [0.2, 0.25) is 0 Å². The van der Waals surface area contributed by atoms with E-state index in [1.54, 1.807) is 36.4 Å². The second kappa shape index (κ2) is 8.71. The molecule has 0 saturated carbocycles. The van der Waals surface area contributed by atoms with Crippen LogP contribution in [0, 0.1) is 0 Å². The van der Waals surface area contributed by atoms with Gasteiger partial charge in [0, 0.05) is 11.1 Å². The maximum Gasteiger partial charge on any atom is 0.269 e. The zero-order chi connectivity index (χ0) is 20.0. The summed E-state index contributed by atoms with van der Waals surface area (Å²) in [5.41, 5.74) is 6.95. The van der Waals surface area contributed by atoms with Gasteiger partial charge in [-0.3, -0.25) is 20.4 Å². The first-order chi connectivity index (χ1) is 12.7. The van der Waals surface area contributed by atoms with E-state index >= 15 is 0 Å². The number of hydrogen-bond donors (Lipinski definition) is 2. The average molecular weight is 368 g/mol. The fraction of sp³-hybridized carbons (Fsp3) is 0.364. The predicted octanol–water partition coefficient (Wildman–Crippen LogP) is 4.24. The second-order valence-corrected chi connectivity index (χ2v) is 7.60. The van der Waals surface area contributed by atoms with Gasteiger partial charge in [0.25, 0.3) is 11.8 Å². The molecule has 0 spiro atoms. The molecule has 0 aliphatic carbocycles. The van der Waals surface area contributed by atoms with Crippen LogP contribution in [0.4, 0.5) is 0 Å². The topological polar surface area (TPSA) is 67.4 Å². The summed E-state index contributed by atoms with van der Waals surface area (Å²) in [6.45, 7) is 10.3. The molecule has 144 valence electrons. The molecule has 0 fully saturated rings. The molecule has 0 bridgehead atoms. The smallest absolute Gasteiger partial charge is 0.269 e. The number of benzene rings is 2. The first-order valence-electron chi connectivity index (χ1n) is 9.18. The molecule has 27 heavy (non-hydrogen) atoms. The number of hydrazine groups is 1. The maximum atomic E-state index is 12.3. The minimum atomic E-state index is -0.399. The lowest BCUT2D eigenvalue weighted by atomic mass is 9.87. The summed E-state index contributed by atoms with van der Waals surface area (Å²) >= 11 is 0. The summed E-state index contributed by atoms with van der Waals surface area (Å²) in [7, 11) is 0. The lowest BCUT2D eigenvalue weighted by molar-refractivity contribution is 0.0846. The number of nitrogens with one attached hydrogen (secondary N) is 2. The fourth-order valence-electron chi connectivity index (χ4n) is 2.41. The Hall–Kier alpha value is -2.82. The van der Waals surface area contributed by atoms with Crippen LogP contribution in [0.1, 0.15) is 67.3 Å². The quantitative estimate of drug-likeness (QED) is 0.776. The molecule has 5 nitrogen and oxygen atoms in total. The van der Waals surface area contributed by atoms with Crippen LogP contribution in [0.15, 0.2) is 48.5 Å². The van der Waals surface area contributed by atoms with Gasteiger partial charge in [-0.15, -0.1) is 0 Å². The van der Waals surface area contributed by atoms with Crippen LogP contribution in [0.3, 0.4) is 0 Å². The number of rotatable bonds is 5. The molecule has 0 aliphatic heterocycles. The first kappa shape index (κ1) is 20.5. The summed E-state index contributed by atoms with van der Waals surface area (Å²) in [6, 6.07) is 14.2. The molecule has 1 atom stereocenters. The highest BCUT2D eigenvalue weighted by Crippen LogP contribution is 2.22. The Kier molecular flexibility index (Phi) is 6.61. The molecule has 5 heteroatoms. The van der Waals surface area contributed by atoms with E-state index in [4.69, 9.17) is 4.74 Å². The van der Waals surface area contributed by atoms with Crippen LogP contribution in [0.25, 0.3) is 0 Å². The van der Waals surface area contributed by atoms with E-state index < -0.39 is 5.91 Å². The van der Waals surface area contributed by atoms with Crippen molar-refractivity contribution < 1.29 is 14.3 Å². The van der Waals surface area contributed by atoms with Gasteiger partial charge in [-0.05, 0) is 54.7 Å². The van der Waals surface area contributed by atoms with Crippen molar-refractivity contribution in [1.29, 1.82) is 0 Å². The lowest BCUT2D eigenvalue weighted by Gasteiger charge is -2.19. The fourth-order valence-corrected chi connectivity index (χ4v) is 2.41. The largest absolute Gasteiger partial charge is 0.491 e. The first-order valence-corrected chi connectivity index (χ1v) is 9.18. The van der Waals surface area contributed by atoms with Crippen LogP contribution in [-0.4, -0.2) is 17.9 Å². The third kappa shape index (κ3) is 5.84.